The minimum atomic E-state index is -3.01. The second-order valence-corrected chi connectivity index (χ2v) is 12.1. The molecule has 1 saturated heterocycles. The second kappa shape index (κ2) is 9.31. The van der Waals surface area contributed by atoms with Crippen molar-refractivity contribution >= 4 is 22.9 Å². The van der Waals surface area contributed by atoms with Crippen molar-refractivity contribution in [1.82, 2.24) is 14.8 Å². The molecule has 0 bridgehead atoms. The molecule has 11 heteroatoms. The molecule has 1 aromatic carbocycles. The number of aromatic nitrogens is 1. The number of amides is 2. The maximum Gasteiger partial charge on any atom is 0.290 e. The molecule has 0 atom stereocenters. The summed E-state index contributed by atoms with van der Waals surface area (Å²) in [7, 11) is 0. The highest BCUT2D eigenvalue weighted by molar-refractivity contribution is 5.97. The van der Waals surface area contributed by atoms with Crippen LogP contribution in [0.2, 0.25) is 0 Å². The number of piperazine rings is 1. The standard InChI is InChI=1S/C30H29F3N4O4/c1-28(2)16-36(26(39)18-9-20(38)10-18)7-8-37(28)27(40)24-12-23-25(41-24)21(29(15-34)13-30(32,33)14-29)11-22(35-23)17-3-5-19(31)6-4-17/h3-6,11-12,18,20,38H,7-10,13-14,16H2,1-2H3/t18-,20+. The van der Waals surface area contributed by atoms with E-state index in [1.807, 2.05) is 19.9 Å². The number of carbonyl (C=O) groups excluding carboxylic acids is 2. The number of alkyl halides is 2. The predicted octanol–water partition coefficient (Wildman–Crippen LogP) is 4.66. The van der Waals surface area contributed by atoms with E-state index in [0.717, 1.165) is 0 Å². The lowest BCUT2D eigenvalue weighted by molar-refractivity contribution is -0.146. The summed E-state index contributed by atoms with van der Waals surface area (Å²) >= 11 is 0. The number of aliphatic hydroxyl groups excluding tert-OH is 1. The third-order valence-corrected chi connectivity index (χ3v) is 8.60. The van der Waals surface area contributed by atoms with Gasteiger partial charge in [-0.1, -0.05) is 0 Å². The van der Waals surface area contributed by atoms with Crippen LogP contribution in [0.25, 0.3) is 22.4 Å². The zero-order valence-corrected chi connectivity index (χ0v) is 22.7. The number of nitrogens with zero attached hydrogens (tertiary/aromatic N) is 4. The highest BCUT2D eigenvalue weighted by Gasteiger charge is 2.59. The summed E-state index contributed by atoms with van der Waals surface area (Å²) in [5, 5.41) is 19.6. The van der Waals surface area contributed by atoms with Crippen LogP contribution in [0.4, 0.5) is 13.2 Å². The van der Waals surface area contributed by atoms with E-state index in [-0.39, 0.29) is 40.8 Å². The molecule has 0 radical (unpaired) electrons. The minimum absolute atomic E-state index is 0.0273. The normalized spacial score (nSPS) is 24.3. The first-order chi connectivity index (χ1) is 19.3. The molecule has 6 rings (SSSR count). The lowest BCUT2D eigenvalue weighted by Gasteiger charge is -2.48. The first kappa shape index (κ1) is 27.3. The van der Waals surface area contributed by atoms with E-state index >= 15 is 0 Å². The fraction of sp³-hybridized carbons (Fsp3) is 0.467. The molecule has 2 amide bonds. The fourth-order valence-electron chi connectivity index (χ4n) is 6.31. The van der Waals surface area contributed by atoms with Crippen molar-refractivity contribution in [3.8, 4) is 17.3 Å². The van der Waals surface area contributed by atoms with E-state index < -0.39 is 47.5 Å². The third kappa shape index (κ3) is 4.64. The van der Waals surface area contributed by atoms with Gasteiger partial charge in [0.1, 0.15) is 11.3 Å². The first-order valence-electron chi connectivity index (χ1n) is 13.6. The van der Waals surface area contributed by atoms with Crippen LogP contribution in [0.15, 0.2) is 40.8 Å². The van der Waals surface area contributed by atoms with Crippen molar-refractivity contribution in [2.45, 2.75) is 62.5 Å². The minimum Gasteiger partial charge on any atom is -0.449 e. The lowest BCUT2D eigenvalue weighted by atomic mass is 9.63. The van der Waals surface area contributed by atoms with Gasteiger partial charge in [-0.15, -0.1) is 0 Å². The number of halogens is 3. The zero-order chi connectivity index (χ0) is 29.3. The van der Waals surface area contributed by atoms with Gasteiger partial charge in [0.2, 0.25) is 5.91 Å². The third-order valence-electron chi connectivity index (χ3n) is 8.60. The van der Waals surface area contributed by atoms with Crippen molar-refractivity contribution < 1.29 is 32.3 Å². The Labute approximate surface area is 234 Å². The van der Waals surface area contributed by atoms with Gasteiger partial charge in [0.15, 0.2) is 11.3 Å². The van der Waals surface area contributed by atoms with E-state index in [0.29, 0.717) is 37.2 Å². The topological polar surface area (TPSA) is 111 Å². The summed E-state index contributed by atoms with van der Waals surface area (Å²) in [6.45, 7) is 4.57. The molecule has 8 nitrogen and oxygen atoms in total. The summed E-state index contributed by atoms with van der Waals surface area (Å²) in [5.74, 6) is -4.19. The highest BCUT2D eigenvalue weighted by atomic mass is 19.3. The molecule has 3 fully saturated rings. The quantitative estimate of drug-likeness (QED) is 0.492. The molecular formula is C30H29F3N4O4. The number of hydrogen-bond donors (Lipinski definition) is 1. The van der Waals surface area contributed by atoms with Gasteiger partial charge in [-0.2, -0.15) is 5.26 Å². The lowest BCUT2D eigenvalue weighted by Crippen LogP contribution is -2.63. The number of furan rings is 1. The van der Waals surface area contributed by atoms with Crippen LogP contribution in [-0.2, 0) is 10.2 Å². The molecular weight excluding hydrogens is 537 g/mol. The van der Waals surface area contributed by atoms with Gasteiger partial charge >= 0.3 is 0 Å². The molecule has 214 valence electrons. The molecule has 0 unspecified atom stereocenters. The first-order valence-corrected chi connectivity index (χ1v) is 13.6. The van der Waals surface area contributed by atoms with Gasteiger partial charge in [0.05, 0.1) is 28.8 Å². The number of carbonyl (C=O) groups is 2. The van der Waals surface area contributed by atoms with Crippen LogP contribution in [0.1, 0.15) is 55.6 Å². The van der Waals surface area contributed by atoms with Gasteiger partial charge < -0.3 is 19.3 Å². The molecule has 41 heavy (non-hydrogen) atoms. The number of hydrogen-bond acceptors (Lipinski definition) is 6. The van der Waals surface area contributed by atoms with Gasteiger partial charge in [0, 0.05) is 55.6 Å². The van der Waals surface area contributed by atoms with Crippen LogP contribution in [-0.4, -0.2) is 68.9 Å². The molecule has 2 aliphatic carbocycles. The van der Waals surface area contributed by atoms with E-state index in [1.54, 1.807) is 9.80 Å². The summed E-state index contributed by atoms with van der Waals surface area (Å²) in [5.41, 5.74) is -0.887. The van der Waals surface area contributed by atoms with Gasteiger partial charge in [0.25, 0.3) is 11.8 Å². The number of nitriles is 1. The molecule has 3 aliphatic rings. The van der Waals surface area contributed by atoms with E-state index in [1.165, 1.54) is 36.4 Å². The van der Waals surface area contributed by atoms with E-state index in [9.17, 15) is 33.1 Å². The Bertz CT molecular complexity index is 1580. The smallest absolute Gasteiger partial charge is 0.290 e. The van der Waals surface area contributed by atoms with E-state index in [4.69, 9.17) is 4.42 Å². The second-order valence-electron chi connectivity index (χ2n) is 12.1. The van der Waals surface area contributed by atoms with Crippen molar-refractivity contribution in [1.29, 1.82) is 5.26 Å². The number of fused-ring (bicyclic) bond motifs is 1. The SMILES string of the molecule is CC1(C)CN(C(=O)[C@H]2C[C@@H](O)C2)CCN1C(=O)c1cc2nc(-c3ccc(F)cc3)cc(C3(C#N)CC(F)(F)C3)c2o1. The monoisotopic (exact) mass is 566 g/mol. The molecule has 3 aromatic rings. The number of aliphatic hydroxyl groups is 1. The molecule has 2 aromatic heterocycles. The number of rotatable bonds is 4. The summed E-state index contributed by atoms with van der Waals surface area (Å²) in [4.78, 5) is 34.5. The van der Waals surface area contributed by atoms with Gasteiger partial charge in [-0.25, -0.2) is 18.2 Å². The van der Waals surface area contributed by atoms with Crippen LogP contribution >= 0.6 is 0 Å². The van der Waals surface area contributed by atoms with Crippen molar-refractivity contribution in [3.05, 3.63) is 53.5 Å². The van der Waals surface area contributed by atoms with Crippen molar-refractivity contribution in [3.63, 3.8) is 0 Å². The Morgan fingerprint density at radius 3 is 2.39 bits per heavy atom. The average molecular weight is 567 g/mol. The van der Waals surface area contributed by atoms with Crippen molar-refractivity contribution in [2.24, 2.45) is 5.92 Å². The van der Waals surface area contributed by atoms with Crippen LogP contribution in [0.3, 0.4) is 0 Å². The molecule has 1 aliphatic heterocycles. The van der Waals surface area contributed by atoms with Gasteiger partial charge in [-0.05, 0) is 57.0 Å². The number of benzene rings is 1. The van der Waals surface area contributed by atoms with E-state index in [2.05, 4.69) is 4.98 Å². The zero-order valence-electron chi connectivity index (χ0n) is 22.7. The molecule has 0 spiro atoms. The largest absolute Gasteiger partial charge is 0.449 e. The molecule has 3 heterocycles. The Hall–Kier alpha value is -3.91. The maximum atomic E-state index is 14.1. The maximum absolute atomic E-state index is 14.1. The van der Waals surface area contributed by atoms with Gasteiger partial charge in [-0.3, -0.25) is 9.59 Å². The van der Waals surface area contributed by atoms with Crippen molar-refractivity contribution in [2.75, 3.05) is 19.6 Å². The summed E-state index contributed by atoms with van der Waals surface area (Å²) < 4.78 is 47.7. The summed E-state index contributed by atoms with van der Waals surface area (Å²) in [6.07, 6.45) is -0.931. The Morgan fingerprint density at radius 1 is 1.12 bits per heavy atom. The number of pyridine rings is 1. The van der Waals surface area contributed by atoms with Crippen LogP contribution < -0.4 is 0 Å². The highest BCUT2D eigenvalue weighted by Crippen LogP contribution is 2.55. The van der Waals surface area contributed by atoms with Crippen LogP contribution in [0.5, 0.6) is 0 Å². The molecule has 1 N–H and O–H groups in total. The summed E-state index contributed by atoms with van der Waals surface area (Å²) in [6, 6.07) is 10.5. The van der Waals surface area contributed by atoms with Crippen LogP contribution in [0, 0.1) is 23.1 Å². The fourth-order valence-corrected chi connectivity index (χ4v) is 6.31. The average Bonchev–Trinajstić information content (AvgIpc) is 3.32. The predicted molar refractivity (Wildman–Crippen MR) is 141 cm³/mol. The Balaban J connectivity index is 1.34. The Morgan fingerprint density at radius 2 is 1.80 bits per heavy atom. The molecule has 2 saturated carbocycles. The Kier molecular flexibility index (Phi) is 6.19.